The first kappa shape index (κ1) is 18.6. The molecule has 2 aromatic carbocycles. The molecule has 3 rings (SSSR count). The summed E-state index contributed by atoms with van der Waals surface area (Å²) in [7, 11) is -8.89. The Bertz CT molecular complexity index is 1200. The van der Waals surface area contributed by atoms with Crippen LogP contribution in [-0.2, 0) is 14.6 Å². The molecule has 26 heavy (non-hydrogen) atoms. The SMILES string of the molecule is O=c1[nH]c2cc(Cl)c(S(=O)(=O)Nc3ccccc3)cc2cc1P(=O)(O)O. The normalized spacial score (nSPS) is 12.3. The first-order valence-corrected chi connectivity index (χ1v) is 10.6. The Morgan fingerprint density at radius 3 is 2.35 bits per heavy atom. The first-order valence-electron chi connectivity index (χ1n) is 7.08. The molecule has 1 heterocycles. The van der Waals surface area contributed by atoms with Gasteiger partial charge in [-0.25, -0.2) is 8.42 Å². The highest BCUT2D eigenvalue weighted by Crippen LogP contribution is 2.33. The summed E-state index contributed by atoms with van der Waals surface area (Å²) < 4.78 is 39.0. The number of H-pyrrole nitrogens is 1. The summed E-state index contributed by atoms with van der Waals surface area (Å²) in [4.78, 5) is 32.3. The third-order valence-corrected chi connectivity index (χ3v) is 6.31. The molecule has 0 amide bonds. The molecule has 11 heteroatoms. The third-order valence-electron chi connectivity index (χ3n) is 3.51. The molecule has 0 unspecified atom stereocenters. The van der Waals surface area contributed by atoms with Crippen LogP contribution in [0.15, 0.2) is 58.2 Å². The molecule has 0 spiro atoms. The van der Waals surface area contributed by atoms with E-state index >= 15 is 0 Å². The average molecular weight is 415 g/mol. The highest BCUT2D eigenvalue weighted by Gasteiger charge is 2.24. The van der Waals surface area contributed by atoms with Crippen molar-refractivity contribution < 1.29 is 22.8 Å². The van der Waals surface area contributed by atoms with Gasteiger partial charge in [0.1, 0.15) is 10.2 Å². The van der Waals surface area contributed by atoms with Gasteiger partial charge in [-0.05, 0) is 30.3 Å². The molecule has 0 atom stereocenters. The zero-order chi connectivity index (χ0) is 19.1. The maximum atomic E-state index is 12.6. The lowest BCUT2D eigenvalue weighted by Gasteiger charge is -2.11. The predicted molar refractivity (Wildman–Crippen MR) is 98.5 cm³/mol. The Morgan fingerprint density at radius 1 is 1.08 bits per heavy atom. The highest BCUT2D eigenvalue weighted by molar-refractivity contribution is 7.92. The predicted octanol–water partition coefficient (Wildman–Crippen LogP) is 1.79. The number of rotatable bonds is 4. The largest absolute Gasteiger partial charge is 0.361 e. The van der Waals surface area contributed by atoms with Crippen molar-refractivity contribution in [1.82, 2.24) is 4.98 Å². The molecule has 3 aromatic rings. The summed E-state index contributed by atoms with van der Waals surface area (Å²) in [5.41, 5.74) is -0.503. The number of sulfonamides is 1. The second-order valence-corrected chi connectivity index (χ2v) is 9.00. The van der Waals surface area contributed by atoms with Crippen molar-refractivity contribution in [2.75, 3.05) is 4.72 Å². The lowest BCUT2D eigenvalue weighted by atomic mass is 10.2. The zero-order valence-corrected chi connectivity index (χ0v) is 15.3. The van der Waals surface area contributed by atoms with Crippen molar-refractivity contribution in [3.63, 3.8) is 0 Å². The van der Waals surface area contributed by atoms with Gasteiger partial charge in [0.15, 0.2) is 0 Å². The van der Waals surface area contributed by atoms with Crippen LogP contribution in [0.5, 0.6) is 0 Å². The molecule has 0 aliphatic heterocycles. The Morgan fingerprint density at radius 2 is 1.73 bits per heavy atom. The molecule has 0 radical (unpaired) electrons. The van der Waals surface area contributed by atoms with E-state index in [0.29, 0.717) is 5.69 Å². The van der Waals surface area contributed by atoms with Crippen LogP contribution in [0, 0.1) is 0 Å². The van der Waals surface area contributed by atoms with E-state index in [0.717, 1.165) is 12.1 Å². The number of aromatic nitrogens is 1. The fourth-order valence-electron chi connectivity index (χ4n) is 2.33. The Hall–Kier alpha value is -2.16. The van der Waals surface area contributed by atoms with E-state index < -0.39 is 28.5 Å². The number of halogens is 1. The minimum atomic E-state index is -4.82. The lowest BCUT2D eigenvalue weighted by Crippen LogP contribution is -2.27. The van der Waals surface area contributed by atoms with Crippen LogP contribution >= 0.6 is 19.2 Å². The second-order valence-electron chi connectivity index (χ2n) is 5.37. The van der Waals surface area contributed by atoms with E-state index in [1.165, 1.54) is 6.07 Å². The number of benzene rings is 2. The van der Waals surface area contributed by atoms with Crippen LogP contribution in [0.2, 0.25) is 5.02 Å². The van der Waals surface area contributed by atoms with Gasteiger partial charge in [-0.15, -0.1) is 0 Å². The first-order chi connectivity index (χ1) is 12.1. The van der Waals surface area contributed by atoms with E-state index in [-0.39, 0.29) is 20.8 Å². The van der Waals surface area contributed by atoms with Crippen LogP contribution in [0.25, 0.3) is 10.9 Å². The monoisotopic (exact) mass is 414 g/mol. The number of anilines is 1. The summed E-state index contributed by atoms with van der Waals surface area (Å²) in [6, 6.07) is 11.4. The topological polar surface area (TPSA) is 137 Å². The van der Waals surface area contributed by atoms with Gasteiger partial charge in [-0.1, -0.05) is 29.8 Å². The average Bonchev–Trinajstić information content (AvgIpc) is 2.53. The van der Waals surface area contributed by atoms with Crippen LogP contribution in [-0.4, -0.2) is 23.2 Å². The van der Waals surface area contributed by atoms with Crippen molar-refractivity contribution >= 4 is 51.1 Å². The van der Waals surface area contributed by atoms with Crippen molar-refractivity contribution in [1.29, 1.82) is 0 Å². The summed E-state index contributed by atoms with van der Waals surface area (Å²) >= 11 is 6.04. The van der Waals surface area contributed by atoms with Crippen LogP contribution in [0.4, 0.5) is 5.69 Å². The molecule has 1 aromatic heterocycles. The Labute approximate surface area is 152 Å². The van der Waals surface area contributed by atoms with Gasteiger partial charge in [0.25, 0.3) is 15.6 Å². The number of aromatic amines is 1. The van der Waals surface area contributed by atoms with Crippen molar-refractivity contribution in [2.24, 2.45) is 0 Å². The van der Waals surface area contributed by atoms with Gasteiger partial charge in [-0.3, -0.25) is 14.1 Å². The minimum Gasteiger partial charge on any atom is -0.321 e. The molecular formula is C15H12ClN2O6PS. The molecule has 4 N–H and O–H groups in total. The molecule has 0 fully saturated rings. The van der Waals surface area contributed by atoms with Crippen LogP contribution in [0.1, 0.15) is 0 Å². The Kier molecular flexibility index (Phi) is 4.68. The zero-order valence-electron chi connectivity index (χ0n) is 12.9. The number of pyridine rings is 1. The van der Waals surface area contributed by atoms with Gasteiger partial charge < -0.3 is 14.8 Å². The third kappa shape index (κ3) is 3.67. The molecule has 0 bridgehead atoms. The molecule has 136 valence electrons. The summed E-state index contributed by atoms with van der Waals surface area (Å²) in [5.74, 6) is 0. The van der Waals surface area contributed by atoms with E-state index in [9.17, 15) is 27.6 Å². The molecular weight excluding hydrogens is 403 g/mol. The molecule has 8 nitrogen and oxygen atoms in total. The van der Waals surface area contributed by atoms with E-state index in [1.807, 2.05) is 0 Å². The maximum Gasteiger partial charge on any atom is 0.361 e. The summed E-state index contributed by atoms with van der Waals surface area (Å²) in [5, 5.41) is -0.798. The number of para-hydroxylation sites is 1. The number of nitrogens with one attached hydrogen (secondary N) is 2. The van der Waals surface area contributed by atoms with E-state index in [4.69, 9.17) is 11.6 Å². The molecule has 0 aliphatic carbocycles. The number of fused-ring (bicyclic) bond motifs is 1. The second kappa shape index (κ2) is 6.53. The fourth-order valence-corrected chi connectivity index (χ4v) is 4.58. The molecule has 0 saturated carbocycles. The fraction of sp³-hybridized carbons (Fsp3) is 0. The highest BCUT2D eigenvalue weighted by atomic mass is 35.5. The Balaban J connectivity index is 2.17. The minimum absolute atomic E-state index is 0.112. The smallest absolute Gasteiger partial charge is 0.321 e. The van der Waals surface area contributed by atoms with Crippen LogP contribution < -0.4 is 15.6 Å². The van der Waals surface area contributed by atoms with Gasteiger partial charge in [0.2, 0.25) is 0 Å². The van der Waals surface area contributed by atoms with E-state index in [2.05, 4.69) is 9.71 Å². The van der Waals surface area contributed by atoms with E-state index in [1.54, 1.807) is 30.3 Å². The van der Waals surface area contributed by atoms with Gasteiger partial charge in [-0.2, -0.15) is 0 Å². The number of hydrogen-bond acceptors (Lipinski definition) is 4. The standard InChI is InChI=1S/C15H12ClN2O6PS/c16-11-8-12-9(6-13(15(19)17-12)25(20,21)22)7-14(11)26(23,24)18-10-4-2-1-3-5-10/h1-8,18H,(H,17,19)(H2,20,21,22). The summed E-state index contributed by atoms with van der Waals surface area (Å²) in [6.45, 7) is 0. The quantitative estimate of drug-likeness (QED) is 0.480. The van der Waals surface area contributed by atoms with Gasteiger partial charge in [0, 0.05) is 16.6 Å². The van der Waals surface area contributed by atoms with Crippen molar-refractivity contribution in [3.8, 4) is 0 Å². The maximum absolute atomic E-state index is 12.6. The molecule has 0 aliphatic rings. The van der Waals surface area contributed by atoms with Crippen molar-refractivity contribution in [2.45, 2.75) is 4.90 Å². The number of hydrogen-bond donors (Lipinski definition) is 4. The van der Waals surface area contributed by atoms with Gasteiger partial charge in [0.05, 0.1) is 5.02 Å². The van der Waals surface area contributed by atoms with Crippen molar-refractivity contribution in [3.05, 3.63) is 63.9 Å². The van der Waals surface area contributed by atoms with Gasteiger partial charge >= 0.3 is 7.60 Å². The van der Waals surface area contributed by atoms with Crippen LogP contribution in [0.3, 0.4) is 0 Å². The summed E-state index contributed by atoms with van der Waals surface area (Å²) in [6.07, 6.45) is 0. The molecule has 0 saturated heterocycles. The lowest BCUT2D eigenvalue weighted by molar-refractivity contribution is 0.387.